The van der Waals surface area contributed by atoms with Crippen LogP contribution in [0.3, 0.4) is 0 Å². The van der Waals surface area contributed by atoms with Gasteiger partial charge in [0.2, 0.25) is 11.8 Å². The number of aliphatic hydroxyl groups is 1. The van der Waals surface area contributed by atoms with Crippen LogP contribution in [0.4, 0.5) is 0 Å². The molecule has 2 amide bonds. The van der Waals surface area contributed by atoms with E-state index in [1.165, 1.54) is 0 Å². The van der Waals surface area contributed by atoms with E-state index in [-0.39, 0.29) is 36.8 Å². The van der Waals surface area contributed by atoms with Gasteiger partial charge in [-0.05, 0) is 18.4 Å². The lowest BCUT2D eigenvalue weighted by molar-refractivity contribution is -0.132. The van der Waals surface area contributed by atoms with Crippen molar-refractivity contribution in [3.8, 4) is 0 Å². The minimum absolute atomic E-state index is 0.00495. The molecular formula is C15H20N2O3. The summed E-state index contributed by atoms with van der Waals surface area (Å²) in [7, 11) is 0. The van der Waals surface area contributed by atoms with Gasteiger partial charge < -0.3 is 15.7 Å². The molecule has 1 aromatic carbocycles. The number of rotatable bonds is 5. The molecule has 0 aliphatic carbocycles. The van der Waals surface area contributed by atoms with E-state index in [0.717, 1.165) is 5.56 Å². The zero-order valence-electron chi connectivity index (χ0n) is 11.3. The highest BCUT2D eigenvalue weighted by atomic mass is 16.3. The first-order valence-electron chi connectivity index (χ1n) is 6.93. The van der Waals surface area contributed by atoms with E-state index in [4.69, 9.17) is 5.11 Å². The summed E-state index contributed by atoms with van der Waals surface area (Å²) in [6.45, 7) is 0.553. The van der Waals surface area contributed by atoms with Crippen LogP contribution in [0, 0.1) is 5.92 Å². The molecule has 0 saturated carbocycles. The Balaban J connectivity index is 2.00. The van der Waals surface area contributed by atoms with Gasteiger partial charge in [0.05, 0.1) is 6.04 Å². The molecule has 1 aliphatic heterocycles. The number of hydrogen-bond donors (Lipinski definition) is 3. The minimum Gasteiger partial charge on any atom is -0.396 e. The average Bonchev–Trinajstić information content (AvgIpc) is 2.47. The van der Waals surface area contributed by atoms with Gasteiger partial charge in [-0.1, -0.05) is 30.3 Å². The predicted molar refractivity (Wildman–Crippen MR) is 74.8 cm³/mol. The Morgan fingerprint density at radius 3 is 2.80 bits per heavy atom. The Bertz CT molecular complexity index is 461. The normalized spacial score (nSPS) is 20.1. The van der Waals surface area contributed by atoms with Crippen LogP contribution in [-0.4, -0.2) is 30.1 Å². The summed E-state index contributed by atoms with van der Waals surface area (Å²) in [5.74, 6) is -0.453. The van der Waals surface area contributed by atoms with Crippen molar-refractivity contribution in [2.75, 3.05) is 13.2 Å². The molecule has 20 heavy (non-hydrogen) atoms. The third-order valence-corrected chi connectivity index (χ3v) is 3.55. The van der Waals surface area contributed by atoms with Crippen molar-refractivity contribution in [1.82, 2.24) is 10.6 Å². The smallest absolute Gasteiger partial charge is 0.224 e. The number of nitrogens with one attached hydrogen (secondary N) is 2. The van der Waals surface area contributed by atoms with E-state index in [1.807, 2.05) is 30.3 Å². The number of benzene rings is 1. The first kappa shape index (κ1) is 14.5. The van der Waals surface area contributed by atoms with Crippen molar-refractivity contribution < 1.29 is 14.7 Å². The first-order chi connectivity index (χ1) is 9.70. The summed E-state index contributed by atoms with van der Waals surface area (Å²) in [6.07, 6.45) is 1.37. The summed E-state index contributed by atoms with van der Waals surface area (Å²) in [4.78, 5) is 23.6. The molecule has 1 fully saturated rings. The fourth-order valence-corrected chi connectivity index (χ4v) is 2.43. The quantitative estimate of drug-likeness (QED) is 0.742. The van der Waals surface area contributed by atoms with Gasteiger partial charge in [-0.25, -0.2) is 0 Å². The largest absolute Gasteiger partial charge is 0.396 e. The van der Waals surface area contributed by atoms with E-state index in [1.54, 1.807) is 0 Å². The van der Waals surface area contributed by atoms with Crippen molar-refractivity contribution in [1.29, 1.82) is 0 Å². The minimum atomic E-state index is -0.270. The van der Waals surface area contributed by atoms with Gasteiger partial charge in [0.15, 0.2) is 0 Å². The molecule has 2 atom stereocenters. The molecule has 1 aliphatic rings. The molecule has 3 N–H and O–H groups in total. The highest BCUT2D eigenvalue weighted by Gasteiger charge is 2.27. The first-order valence-corrected chi connectivity index (χ1v) is 6.93. The van der Waals surface area contributed by atoms with Gasteiger partial charge in [-0.15, -0.1) is 0 Å². The van der Waals surface area contributed by atoms with Crippen molar-refractivity contribution in [2.24, 2.45) is 5.92 Å². The van der Waals surface area contributed by atoms with Crippen LogP contribution in [0.25, 0.3) is 0 Å². The van der Waals surface area contributed by atoms with Gasteiger partial charge in [0, 0.05) is 25.5 Å². The molecule has 108 valence electrons. The number of aliphatic hydroxyl groups excluding tert-OH is 1. The highest BCUT2D eigenvalue weighted by Crippen LogP contribution is 2.19. The van der Waals surface area contributed by atoms with E-state index in [0.29, 0.717) is 19.4 Å². The second kappa shape index (κ2) is 7.05. The fourth-order valence-electron chi connectivity index (χ4n) is 2.43. The van der Waals surface area contributed by atoms with Gasteiger partial charge in [0.1, 0.15) is 0 Å². The third-order valence-electron chi connectivity index (χ3n) is 3.55. The maximum Gasteiger partial charge on any atom is 0.224 e. The predicted octanol–water partition coefficient (Wildman–Crippen LogP) is 0.752. The Labute approximate surface area is 118 Å². The Kier molecular flexibility index (Phi) is 5.12. The summed E-state index contributed by atoms with van der Waals surface area (Å²) in [5.41, 5.74) is 0.968. The Hall–Kier alpha value is -1.88. The molecule has 1 saturated heterocycles. The Morgan fingerprint density at radius 2 is 2.15 bits per heavy atom. The van der Waals surface area contributed by atoms with E-state index < -0.39 is 0 Å². The molecule has 5 nitrogen and oxygen atoms in total. The van der Waals surface area contributed by atoms with Crippen LogP contribution < -0.4 is 10.6 Å². The molecule has 0 radical (unpaired) electrons. The molecule has 2 unspecified atom stereocenters. The maximum absolute atomic E-state index is 12.2. The van der Waals surface area contributed by atoms with Crippen LogP contribution in [0.5, 0.6) is 0 Å². The maximum atomic E-state index is 12.2. The zero-order valence-corrected chi connectivity index (χ0v) is 11.3. The van der Waals surface area contributed by atoms with Crippen molar-refractivity contribution in [2.45, 2.75) is 25.3 Å². The Morgan fingerprint density at radius 1 is 1.40 bits per heavy atom. The van der Waals surface area contributed by atoms with Gasteiger partial charge >= 0.3 is 0 Å². The summed E-state index contributed by atoms with van der Waals surface area (Å²) < 4.78 is 0. The van der Waals surface area contributed by atoms with Gasteiger partial charge in [-0.2, -0.15) is 0 Å². The van der Waals surface area contributed by atoms with Gasteiger partial charge in [0.25, 0.3) is 0 Å². The second-order valence-electron chi connectivity index (χ2n) is 5.02. The third kappa shape index (κ3) is 3.81. The summed E-state index contributed by atoms with van der Waals surface area (Å²) >= 11 is 0. The second-order valence-corrected chi connectivity index (χ2v) is 5.02. The number of piperidine rings is 1. The molecule has 1 heterocycles. The van der Waals surface area contributed by atoms with Gasteiger partial charge in [-0.3, -0.25) is 9.59 Å². The van der Waals surface area contributed by atoms with E-state index in [9.17, 15) is 9.59 Å². The lowest BCUT2D eigenvalue weighted by Crippen LogP contribution is -2.42. The highest BCUT2D eigenvalue weighted by molar-refractivity contribution is 5.87. The molecule has 5 heteroatoms. The van der Waals surface area contributed by atoms with Crippen LogP contribution in [0.15, 0.2) is 30.3 Å². The van der Waals surface area contributed by atoms with E-state index in [2.05, 4.69) is 10.6 Å². The summed E-state index contributed by atoms with van der Waals surface area (Å²) in [6, 6.07) is 9.35. The lowest BCUT2D eigenvalue weighted by Gasteiger charge is -2.25. The van der Waals surface area contributed by atoms with Crippen molar-refractivity contribution in [3.05, 3.63) is 35.9 Å². The van der Waals surface area contributed by atoms with Crippen LogP contribution in [0.1, 0.15) is 30.9 Å². The molecule has 2 rings (SSSR count). The molecule has 1 aromatic rings. The molecule has 0 spiro atoms. The van der Waals surface area contributed by atoms with E-state index >= 15 is 0 Å². The average molecular weight is 276 g/mol. The molecule has 0 bridgehead atoms. The SMILES string of the molecule is O=C1CC(C(=O)NC(CCO)c2ccccc2)CCN1. The molecule has 0 aromatic heterocycles. The topological polar surface area (TPSA) is 78.4 Å². The van der Waals surface area contributed by atoms with Crippen LogP contribution in [0.2, 0.25) is 0 Å². The number of carbonyl (C=O) groups excluding carboxylic acids is 2. The standard InChI is InChI=1S/C15H20N2O3/c18-9-7-13(11-4-2-1-3-5-11)17-15(20)12-6-8-16-14(19)10-12/h1-5,12-13,18H,6-10H2,(H,16,19)(H,17,20). The zero-order chi connectivity index (χ0) is 14.4. The van der Waals surface area contributed by atoms with Crippen molar-refractivity contribution in [3.63, 3.8) is 0 Å². The number of carbonyl (C=O) groups is 2. The van der Waals surface area contributed by atoms with Crippen LogP contribution >= 0.6 is 0 Å². The molecular weight excluding hydrogens is 256 g/mol. The summed E-state index contributed by atoms with van der Waals surface area (Å²) in [5, 5.41) is 14.8. The number of amides is 2. The monoisotopic (exact) mass is 276 g/mol. The lowest BCUT2D eigenvalue weighted by atomic mass is 9.95. The fraction of sp³-hybridized carbons (Fsp3) is 0.467. The number of hydrogen-bond acceptors (Lipinski definition) is 3. The van der Waals surface area contributed by atoms with Crippen LogP contribution in [-0.2, 0) is 9.59 Å². The van der Waals surface area contributed by atoms with Crippen molar-refractivity contribution >= 4 is 11.8 Å².